The zero-order valence-corrected chi connectivity index (χ0v) is 12.2. The zero-order chi connectivity index (χ0) is 13.9. The molecule has 3 heteroatoms. The number of methoxy groups -OCH3 is 1. The molecule has 0 heterocycles. The molecule has 3 rings (SSSR count). The van der Waals surface area contributed by atoms with Crippen molar-refractivity contribution in [3.63, 3.8) is 0 Å². The Morgan fingerprint density at radius 2 is 1.90 bits per heavy atom. The van der Waals surface area contributed by atoms with Crippen LogP contribution in [0, 0.1) is 0 Å². The molecule has 20 heavy (non-hydrogen) atoms. The summed E-state index contributed by atoms with van der Waals surface area (Å²) in [4.78, 5) is 0. The molecular weight excluding hydrogens is 270 g/mol. The highest BCUT2D eigenvalue weighted by Gasteiger charge is 2.30. The van der Waals surface area contributed by atoms with E-state index in [1.807, 2.05) is 18.2 Å². The maximum Gasteiger partial charge on any atom is 0.123 e. The molecule has 0 amide bonds. The largest absolute Gasteiger partial charge is 0.496 e. The fraction of sp³-hybridized carbons (Fsp3) is 0.294. The fourth-order valence-corrected chi connectivity index (χ4v) is 3.24. The lowest BCUT2D eigenvalue weighted by atomic mass is 10.1. The molecule has 0 saturated carbocycles. The topological polar surface area (TPSA) is 21.3 Å². The van der Waals surface area contributed by atoms with Gasteiger partial charge in [-0.3, -0.25) is 0 Å². The van der Waals surface area contributed by atoms with Crippen molar-refractivity contribution in [1.29, 1.82) is 0 Å². The van der Waals surface area contributed by atoms with Crippen LogP contribution in [-0.4, -0.2) is 12.5 Å². The molecule has 0 fully saturated rings. The molecular formula is C17H18ClNO. The molecule has 0 aliphatic heterocycles. The van der Waals surface area contributed by atoms with Crippen LogP contribution in [0.5, 0.6) is 5.75 Å². The summed E-state index contributed by atoms with van der Waals surface area (Å²) in [5, 5.41) is 3.68. The number of benzene rings is 2. The first kappa shape index (κ1) is 13.5. The molecule has 0 radical (unpaired) electrons. The van der Waals surface area contributed by atoms with E-state index in [4.69, 9.17) is 16.3 Å². The van der Waals surface area contributed by atoms with E-state index in [-0.39, 0.29) is 11.4 Å². The van der Waals surface area contributed by atoms with Crippen LogP contribution in [0.1, 0.15) is 22.7 Å². The highest BCUT2D eigenvalue weighted by Crippen LogP contribution is 2.35. The molecule has 2 atom stereocenters. The number of rotatable bonds is 4. The molecule has 2 unspecified atom stereocenters. The Morgan fingerprint density at radius 1 is 1.15 bits per heavy atom. The number of para-hydroxylation sites is 1. The van der Waals surface area contributed by atoms with Crippen LogP contribution >= 0.6 is 11.6 Å². The average molecular weight is 288 g/mol. The predicted octanol–water partition coefficient (Wildman–Crippen LogP) is 3.69. The van der Waals surface area contributed by atoms with Gasteiger partial charge in [0.05, 0.1) is 12.5 Å². The Morgan fingerprint density at radius 3 is 2.75 bits per heavy atom. The molecule has 1 aliphatic rings. The summed E-state index contributed by atoms with van der Waals surface area (Å²) < 4.78 is 5.38. The van der Waals surface area contributed by atoms with Crippen molar-refractivity contribution in [2.75, 3.05) is 7.11 Å². The van der Waals surface area contributed by atoms with E-state index < -0.39 is 0 Å². The van der Waals surface area contributed by atoms with Gasteiger partial charge in [0.15, 0.2) is 0 Å². The first-order valence-electron chi connectivity index (χ1n) is 6.86. The summed E-state index contributed by atoms with van der Waals surface area (Å²) in [6.07, 6.45) is 0.932. The van der Waals surface area contributed by atoms with Crippen molar-refractivity contribution in [3.8, 4) is 5.75 Å². The molecule has 1 aliphatic carbocycles. The van der Waals surface area contributed by atoms with Crippen LogP contribution in [-0.2, 0) is 13.0 Å². The van der Waals surface area contributed by atoms with Crippen molar-refractivity contribution in [1.82, 2.24) is 5.32 Å². The van der Waals surface area contributed by atoms with Gasteiger partial charge in [-0.05, 0) is 23.6 Å². The maximum atomic E-state index is 6.49. The van der Waals surface area contributed by atoms with Gasteiger partial charge in [0.1, 0.15) is 5.75 Å². The smallest absolute Gasteiger partial charge is 0.123 e. The number of hydrogen-bond donors (Lipinski definition) is 1. The van der Waals surface area contributed by atoms with Gasteiger partial charge in [0.2, 0.25) is 0 Å². The minimum atomic E-state index is 0.113. The van der Waals surface area contributed by atoms with E-state index in [0.717, 1.165) is 24.3 Å². The number of halogens is 1. The van der Waals surface area contributed by atoms with Gasteiger partial charge < -0.3 is 10.1 Å². The molecule has 0 bridgehead atoms. The van der Waals surface area contributed by atoms with Crippen molar-refractivity contribution in [2.45, 2.75) is 24.4 Å². The average Bonchev–Trinajstić information content (AvgIpc) is 2.81. The third kappa shape index (κ3) is 2.54. The van der Waals surface area contributed by atoms with Crippen LogP contribution in [0.25, 0.3) is 0 Å². The highest BCUT2D eigenvalue weighted by molar-refractivity contribution is 6.21. The Bertz CT molecular complexity index is 599. The number of fused-ring (bicyclic) bond motifs is 1. The second kappa shape index (κ2) is 5.86. The lowest BCUT2D eigenvalue weighted by molar-refractivity contribution is 0.405. The molecule has 0 aromatic heterocycles. The summed E-state index contributed by atoms with van der Waals surface area (Å²) in [5.41, 5.74) is 3.83. The quantitative estimate of drug-likeness (QED) is 0.866. The van der Waals surface area contributed by atoms with Crippen molar-refractivity contribution >= 4 is 11.6 Å². The Kier molecular flexibility index (Phi) is 3.95. The first-order chi connectivity index (χ1) is 9.79. The fourth-order valence-electron chi connectivity index (χ4n) is 2.85. The number of nitrogens with one attached hydrogen (secondary N) is 1. The second-order valence-corrected chi connectivity index (χ2v) is 5.65. The maximum absolute atomic E-state index is 6.49. The van der Waals surface area contributed by atoms with E-state index in [0.29, 0.717) is 0 Å². The molecule has 2 aromatic rings. The SMILES string of the molecule is COc1ccccc1CNC1c2ccccc2CC1Cl. The molecule has 2 nitrogen and oxygen atoms in total. The van der Waals surface area contributed by atoms with Crippen molar-refractivity contribution < 1.29 is 4.74 Å². The van der Waals surface area contributed by atoms with E-state index in [2.05, 4.69) is 35.6 Å². The number of hydrogen-bond acceptors (Lipinski definition) is 2. The van der Waals surface area contributed by atoms with E-state index in [9.17, 15) is 0 Å². The third-order valence-electron chi connectivity index (χ3n) is 3.87. The summed E-state index contributed by atoms with van der Waals surface area (Å²) in [5.74, 6) is 0.914. The Balaban J connectivity index is 1.76. The predicted molar refractivity (Wildman–Crippen MR) is 82.4 cm³/mol. The molecule has 2 aromatic carbocycles. The van der Waals surface area contributed by atoms with Gasteiger partial charge in [-0.1, -0.05) is 42.5 Å². The van der Waals surface area contributed by atoms with Crippen LogP contribution in [0.15, 0.2) is 48.5 Å². The van der Waals surface area contributed by atoms with Crippen LogP contribution < -0.4 is 10.1 Å². The van der Waals surface area contributed by atoms with E-state index in [1.54, 1.807) is 7.11 Å². The monoisotopic (exact) mass is 287 g/mol. The van der Waals surface area contributed by atoms with Crippen molar-refractivity contribution in [2.24, 2.45) is 0 Å². The summed E-state index contributed by atoms with van der Waals surface area (Å²) in [7, 11) is 1.70. The minimum Gasteiger partial charge on any atom is -0.496 e. The van der Waals surface area contributed by atoms with Gasteiger partial charge in [0.25, 0.3) is 0 Å². The van der Waals surface area contributed by atoms with Crippen LogP contribution in [0.4, 0.5) is 0 Å². The van der Waals surface area contributed by atoms with Gasteiger partial charge >= 0.3 is 0 Å². The molecule has 0 saturated heterocycles. The number of ether oxygens (including phenoxy) is 1. The Labute approximate surface area is 124 Å². The zero-order valence-electron chi connectivity index (χ0n) is 11.5. The standard InChI is InChI=1S/C17H18ClNO/c1-20-16-9-5-3-7-13(16)11-19-17-14-8-4-2-6-12(14)10-15(17)18/h2-9,15,17,19H,10-11H2,1H3. The van der Waals surface area contributed by atoms with E-state index >= 15 is 0 Å². The van der Waals surface area contributed by atoms with Gasteiger partial charge in [-0.2, -0.15) is 0 Å². The molecule has 0 spiro atoms. The Hall–Kier alpha value is -1.51. The lowest BCUT2D eigenvalue weighted by Crippen LogP contribution is -2.25. The van der Waals surface area contributed by atoms with Gasteiger partial charge in [0, 0.05) is 18.2 Å². The lowest BCUT2D eigenvalue weighted by Gasteiger charge is -2.18. The minimum absolute atomic E-state index is 0.113. The highest BCUT2D eigenvalue weighted by atomic mass is 35.5. The van der Waals surface area contributed by atoms with Gasteiger partial charge in [-0.25, -0.2) is 0 Å². The van der Waals surface area contributed by atoms with Crippen LogP contribution in [0.3, 0.4) is 0 Å². The second-order valence-electron chi connectivity index (χ2n) is 5.09. The van der Waals surface area contributed by atoms with E-state index in [1.165, 1.54) is 11.1 Å². The third-order valence-corrected chi connectivity index (χ3v) is 4.28. The molecule has 1 N–H and O–H groups in total. The normalized spacial score (nSPS) is 20.7. The molecule has 104 valence electrons. The summed E-state index contributed by atoms with van der Waals surface area (Å²) in [6, 6.07) is 16.8. The van der Waals surface area contributed by atoms with Gasteiger partial charge in [-0.15, -0.1) is 11.6 Å². The first-order valence-corrected chi connectivity index (χ1v) is 7.30. The number of alkyl halides is 1. The van der Waals surface area contributed by atoms with Crippen molar-refractivity contribution in [3.05, 3.63) is 65.2 Å². The summed E-state index contributed by atoms with van der Waals surface area (Å²) >= 11 is 6.49. The summed E-state index contributed by atoms with van der Waals surface area (Å²) in [6.45, 7) is 0.756. The van der Waals surface area contributed by atoms with Crippen LogP contribution in [0.2, 0.25) is 0 Å².